The Balaban J connectivity index is 2.31. The molecule has 0 aliphatic carbocycles. The Kier molecular flexibility index (Phi) is 4.89. The topological polar surface area (TPSA) is 59.5 Å². The molecular weight excluding hydrogens is 320 g/mol. The van der Waals surface area contributed by atoms with Crippen LogP contribution in [0.4, 0.5) is 0 Å². The molecule has 0 unspecified atom stereocenters. The van der Waals surface area contributed by atoms with Crippen molar-refractivity contribution in [2.24, 2.45) is 0 Å². The molecule has 0 saturated carbocycles. The lowest BCUT2D eigenvalue weighted by atomic mass is 10.2. The van der Waals surface area contributed by atoms with Crippen LogP contribution in [0.3, 0.4) is 0 Å². The van der Waals surface area contributed by atoms with Gasteiger partial charge in [-0.15, -0.1) is 11.3 Å². The first-order valence-corrected chi connectivity index (χ1v) is 9.06. The number of ether oxygens (including phenoxy) is 1. The normalized spacial score (nSPS) is 11.9. The predicted octanol–water partition coefficient (Wildman–Crippen LogP) is 2.90. The Morgan fingerprint density at radius 2 is 1.91 bits per heavy atom. The van der Waals surface area contributed by atoms with Gasteiger partial charge in [0.1, 0.15) is 22.3 Å². The minimum absolute atomic E-state index is 0.183. The maximum absolute atomic E-state index is 12.4. The van der Waals surface area contributed by atoms with Gasteiger partial charge in [-0.1, -0.05) is 6.07 Å². The minimum atomic E-state index is -3.55. The van der Waals surface area contributed by atoms with Gasteiger partial charge in [-0.05, 0) is 38.5 Å². The van der Waals surface area contributed by atoms with E-state index in [1.807, 2.05) is 26.8 Å². The van der Waals surface area contributed by atoms with Crippen molar-refractivity contribution in [1.82, 2.24) is 9.29 Å². The number of sulfonamides is 1. The maximum Gasteiger partial charge on any atom is 0.246 e. The monoisotopic (exact) mass is 340 g/mol. The summed E-state index contributed by atoms with van der Waals surface area (Å²) in [7, 11) is -0.528. The summed E-state index contributed by atoms with van der Waals surface area (Å²) in [6.07, 6.45) is 0. The molecule has 0 N–H and O–H groups in total. The van der Waals surface area contributed by atoms with Gasteiger partial charge in [0, 0.05) is 19.0 Å². The first-order chi connectivity index (χ1) is 10.2. The van der Waals surface area contributed by atoms with Gasteiger partial charge in [0.05, 0.1) is 5.69 Å². The van der Waals surface area contributed by atoms with Crippen LogP contribution < -0.4 is 4.74 Å². The van der Waals surface area contributed by atoms with Crippen LogP contribution in [0.15, 0.2) is 23.1 Å². The van der Waals surface area contributed by atoms with Crippen LogP contribution in [0.25, 0.3) is 0 Å². The molecule has 0 bridgehead atoms. The van der Waals surface area contributed by atoms with Crippen molar-refractivity contribution in [3.05, 3.63) is 39.3 Å². The standard InChI is InChI=1S/C15H20N2O3S2/c1-10-6-7-13(14(8-10)22(18,19)17(4)5)20-9-15-16-11(2)12(3)21-15/h6-8H,9H2,1-5H3. The van der Waals surface area contributed by atoms with Gasteiger partial charge in [-0.25, -0.2) is 17.7 Å². The Bertz CT molecular complexity index is 761. The number of nitrogens with zero attached hydrogens (tertiary/aromatic N) is 2. The summed E-state index contributed by atoms with van der Waals surface area (Å²) in [4.78, 5) is 5.73. The van der Waals surface area contributed by atoms with E-state index in [1.54, 1.807) is 23.5 Å². The Morgan fingerprint density at radius 3 is 2.45 bits per heavy atom. The van der Waals surface area contributed by atoms with Gasteiger partial charge < -0.3 is 4.74 Å². The maximum atomic E-state index is 12.4. The molecule has 2 aromatic rings. The SMILES string of the molecule is Cc1ccc(OCc2nc(C)c(C)s2)c(S(=O)(=O)N(C)C)c1. The molecular formula is C15H20N2O3S2. The zero-order valence-electron chi connectivity index (χ0n) is 13.4. The van der Waals surface area contributed by atoms with Crippen molar-refractivity contribution >= 4 is 21.4 Å². The van der Waals surface area contributed by atoms with Crippen molar-refractivity contribution < 1.29 is 13.2 Å². The third-order valence-corrected chi connectivity index (χ3v) is 6.16. The molecule has 1 aromatic carbocycles. The molecule has 0 aliphatic rings. The van der Waals surface area contributed by atoms with Crippen LogP contribution in [0.5, 0.6) is 5.75 Å². The highest BCUT2D eigenvalue weighted by molar-refractivity contribution is 7.89. The average Bonchev–Trinajstić information content (AvgIpc) is 2.76. The van der Waals surface area contributed by atoms with E-state index in [1.165, 1.54) is 18.4 Å². The zero-order valence-corrected chi connectivity index (χ0v) is 15.0. The van der Waals surface area contributed by atoms with Crippen LogP contribution in [-0.4, -0.2) is 31.8 Å². The van der Waals surface area contributed by atoms with Crippen molar-refractivity contribution in [3.63, 3.8) is 0 Å². The molecule has 0 amide bonds. The number of aryl methyl sites for hydroxylation is 3. The molecule has 0 fully saturated rings. The van der Waals surface area contributed by atoms with Gasteiger partial charge in [0.25, 0.3) is 0 Å². The van der Waals surface area contributed by atoms with Gasteiger partial charge in [0.15, 0.2) is 0 Å². The quantitative estimate of drug-likeness (QED) is 0.840. The molecule has 0 radical (unpaired) electrons. The molecule has 0 aliphatic heterocycles. The Morgan fingerprint density at radius 1 is 1.23 bits per heavy atom. The second-order valence-corrected chi connectivity index (χ2v) is 8.68. The number of benzene rings is 1. The lowest BCUT2D eigenvalue weighted by molar-refractivity contribution is 0.296. The number of rotatable bonds is 5. The lowest BCUT2D eigenvalue weighted by Gasteiger charge is -2.16. The highest BCUT2D eigenvalue weighted by Gasteiger charge is 2.22. The predicted molar refractivity (Wildman–Crippen MR) is 88.0 cm³/mol. The molecule has 22 heavy (non-hydrogen) atoms. The van der Waals surface area contributed by atoms with Crippen molar-refractivity contribution in [3.8, 4) is 5.75 Å². The highest BCUT2D eigenvalue weighted by Crippen LogP contribution is 2.28. The lowest BCUT2D eigenvalue weighted by Crippen LogP contribution is -2.23. The van der Waals surface area contributed by atoms with E-state index < -0.39 is 10.0 Å². The van der Waals surface area contributed by atoms with Crippen molar-refractivity contribution in [2.45, 2.75) is 32.3 Å². The highest BCUT2D eigenvalue weighted by atomic mass is 32.2. The number of thiazole rings is 1. The van der Waals surface area contributed by atoms with E-state index in [2.05, 4.69) is 4.98 Å². The molecule has 120 valence electrons. The second-order valence-electron chi connectivity index (χ2n) is 5.28. The van der Waals surface area contributed by atoms with E-state index >= 15 is 0 Å². The first kappa shape index (κ1) is 16.9. The summed E-state index contributed by atoms with van der Waals surface area (Å²) in [5.41, 5.74) is 1.85. The molecule has 0 saturated heterocycles. The first-order valence-electron chi connectivity index (χ1n) is 6.80. The van der Waals surface area contributed by atoms with Gasteiger partial charge in [0.2, 0.25) is 10.0 Å². The fourth-order valence-electron chi connectivity index (χ4n) is 1.87. The van der Waals surface area contributed by atoms with E-state index in [9.17, 15) is 8.42 Å². The largest absolute Gasteiger partial charge is 0.485 e. The average molecular weight is 340 g/mol. The van der Waals surface area contributed by atoms with Crippen molar-refractivity contribution in [1.29, 1.82) is 0 Å². The summed E-state index contributed by atoms with van der Waals surface area (Å²) >= 11 is 1.56. The van der Waals surface area contributed by atoms with E-state index in [0.717, 1.165) is 21.1 Å². The molecule has 5 nitrogen and oxygen atoms in total. The van der Waals surface area contributed by atoms with Gasteiger partial charge in [-0.2, -0.15) is 0 Å². The smallest absolute Gasteiger partial charge is 0.246 e. The van der Waals surface area contributed by atoms with Gasteiger partial charge in [-0.3, -0.25) is 0 Å². The minimum Gasteiger partial charge on any atom is -0.485 e. The van der Waals surface area contributed by atoms with Crippen LogP contribution in [0, 0.1) is 20.8 Å². The van der Waals surface area contributed by atoms with Crippen LogP contribution in [0.1, 0.15) is 21.1 Å². The second kappa shape index (κ2) is 6.36. The summed E-state index contributed by atoms with van der Waals surface area (Å²) < 4.78 is 31.7. The third-order valence-electron chi connectivity index (χ3n) is 3.28. The molecule has 1 aromatic heterocycles. The Labute approximate surface area is 135 Å². The Hall–Kier alpha value is -1.44. The third kappa shape index (κ3) is 3.48. The van der Waals surface area contributed by atoms with Gasteiger partial charge >= 0.3 is 0 Å². The van der Waals surface area contributed by atoms with Crippen LogP contribution in [-0.2, 0) is 16.6 Å². The van der Waals surface area contributed by atoms with Crippen LogP contribution >= 0.6 is 11.3 Å². The van der Waals surface area contributed by atoms with E-state index in [0.29, 0.717) is 5.75 Å². The summed E-state index contributed by atoms with van der Waals surface area (Å²) in [6.45, 7) is 6.07. The summed E-state index contributed by atoms with van der Waals surface area (Å²) in [6, 6.07) is 5.16. The van der Waals surface area contributed by atoms with E-state index in [4.69, 9.17) is 4.74 Å². The number of hydrogen-bond acceptors (Lipinski definition) is 5. The summed E-state index contributed by atoms with van der Waals surface area (Å²) in [5.74, 6) is 0.352. The molecule has 2 rings (SSSR count). The number of aromatic nitrogens is 1. The van der Waals surface area contributed by atoms with Crippen LogP contribution in [0.2, 0.25) is 0 Å². The summed E-state index contributed by atoms with van der Waals surface area (Å²) in [5, 5.41) is 0.837. The van der Waals surface area contributed by atoms with E-state index in [-0.39, 0.29) is 11.5 Å². The molecule has 7 heteroatoms. The molecule has 0 atom stereocenters. The number of hydrogen-bond donors (Lipinski definition) is 0. The van der Waals surface area contributed by atoms with Crippen molar-refractivity contribution in [2.75, 3.05) is 14.1 Å². The molecule has 0 spiro atoms. The fourth-order valence-corrected chi connectivity index (χ4v) is 3.83. The zero-order chi connectivity index (χ0) is 16.5. The fraction of sp³-hybridized carbons (Fsp3) is 0.400. The molecule has 1 heterocycles.